The van der Waals surface area contributed by atoms with Crippen LogP contribution in [-0.2, 0) is 10.2 Å². The predicted octanol–water partition coefficient (Wildman–Crippen LogP) is 3.41. The fraction of sp³-hybridized carbons (Fsp3) is 0.667. The van der Waals surface area contributed by atoms with Crippen LogP contribution in [0, 0.1) is 0 Å². The van der Waals surface area contributed by atoms with E-state index in [0.717, 1.165) is 38.3 Å². The van der Waals surface area contributed by atoms with Crippen LogP contribution in [0.3, 0.4) is 0 Å². The lowest BCUT2D eigenvalue weighted by Gasteiger charge is -2.37. The van der Waals surface area contributed by atoms with E-state index in [1.54, 1.807) is 0 Å². The van der Waals surface area contributed by atoms with Crippen molar-refractivity contribution in [1.29, 1.82) is 0 Å². The number of ether oxygens (including phenoxy) is 2. The van der Waals surface area contributed by atoms with E-state index in [1.165, 1.54) is 37.7 Å². The third kappa shape index (κ3) is 3.41. The van der Waals surface area contributed by atoms with Crippen LogP contribution in [0.25, 0.3) is 0 Å². The summed E-state index contributed by atoms with van der Waals surface area (Å²) in [4.78, 5) is 0. The van der Waals surface area contributed by atoms with Crippen LogP contribution >= 0.6 is 0 Å². The maximum absolute atomic E-state index is 6.11. The lowest BCUT2D eigenvalue weighted by Crippen LogP contribution is -2.37. The number of hydrogen-bond acceptors (Lipinski definition) is 3. The van der Waals surface area contributed by atoms with Gasteiger partial charge in [-0.05, 0) is 30.5 Å². The molecule has 0 unspecified atom stereocenters. The molecule has 1 saturated heterocycles. The third-order valence-electron chi connectivity index (χ3n) is 5.14. The Morgan fingerprint density at radius 3 is 2.33 bits per heavy atom. The quantitative estimate of drug-likeness (QED) is 0.924. The minimum atomic E-state index is 0.204. The Hall–Kier alpha value is -1.06. The van der Waals surface area contributed by atoms with Crippen molar-refractivity contribution >= 4 is 0 Å². The van der Waals surface area contributed by atoms with Gasteiger partial charge >= 0.3 is 0 Å². The first-order valence-electron chi connectivity index (χ1n) is 8.37. The summed E-state index contributed by atoms with van der Waals surface area (Å²) >= 11 is 0. The lowest BCUT2D eigenvalue weighted by atomic mass is 9.69. The van der Waals surface area contributed by atoms with Gasteiger partial charge in [-0.2, -0.15) is 0 Å². The fourth-order valence-electron chi connectivity index (χ4n) is 3.71. The Balaban J connectivity index is 1.67. The number of nitrogens with two attached hydrogens (primary N) is 1. The summed E-state index contributed by atoms with van der Waals surface area (Å²) in [6.07, 6.45) is 8.71. The highest BCUT2D eigenvalue weighted by molar-refractivity contribution is 5.33. The van der Waals surface area contributed by atoms with Gasteiger partial charge in [0.1, 0.15) is 11.9 Å². The van der Waals surface area contributed by atoms with E-state index in [2.05, 4.69) is 24.3 Å². The highest BCUT2D eigenvalue weighted by atomic mass is 16.5. The Kier molecular flexibility index (Phi) is 4.81. The second-order valence-electron chi connectivity index (χ2n) is 6.50. The van der Waals surface area contributed by atoms with Crippen molar-refractivity contribution in [2.24, 2.45) is 5.73 Å². The molecular formula is C18H27NO2. The van der Waals surface area contributed by atoms with Gasteiger partial charge in [-0.25, -0.2) is 0 Å². The van der Waals surface area contributed by atoms with Gasteiger partial charge in [0.05, 0.1) is 13.2 Å². The normalized spacial score (nSPS) is 22.9. The summed E-state index contributed by atoms with van der Waals surface area (Å²) in [5, 5.41) is 0. The van der Waals surface area contributed by atoms with Crippen LogP contribution < -0.4 is 10.5 Å². The minimum absolute atomic E-state index is 0.204. The van der Waals surface area contributed by atoms with Crippen molar-refractivity contribution < 1.29 is 9.47 Å². The maximum atomic E-state index is 6.11. The van der Waals surface area contributed by atoms with Crippen LogP contribution in [-0.4, -0.2) is 25.9 Å². The molecule has 0 amide bonds. The summed E-state index contributed by atoms with van der Waals surface area (Å²) in [7, 11) is 0. The fourth-order valence-corrected chi connectivity index (χ4v) is 3.71. The summed E-state index contributed by atoms with van der Waals surface area (Å²) < 4.78 is 11.4. The van der Waals surface area contributed by atoms with Crippen molar-refractivity contribution in [3.63, 3.8) is 0 Å². The van der Waals surface area contributed by atoms with Crippen molar-refractivity contribution in [2.75, 3.05) is 19.8 Å². The molecule has 3 nitrogen and oxygen atoms in total. The summed E-state index contributed by atoms with van der Waals surface area (Å²) in [6, 6.07) is 8.70. The van der Waals surface area contributed by atoms with Crippen molar-refractivity contribution in [3.8, 4) is 5.75 Å². The van der Waals surface area contributed by atoms with Crippen LogP contribution in [0.2, 0.25) is 0 Å². The van der Waals surface area contributed by atoms with E-state index in [9.17, 15) is 0 Å². The zero-order valence-electron chi connectivity index (χ0n) is 12.9. The molecule has 2 N–H and O–H groups in total. The Labute approximate surface area is 127 Å². The summed E-state index contributed by atoms with van der Waals surface area (Å²) in [5.74, 6) is 0.980. The molecule has 0 spiro atoms. The van der Waals surface area contributed by atoms with E-state index in [0.29, 0.717) is 6.10 Å². The van der Waals surface area contributed by atoms with Crippen molar-refractivity contribution in [1.82, 2.24) is 0 Å². The van der Waals surface area contributed by atoms with Crippen LogP contribution in [0.5, 0.6) is 5.75 Å². The average molecular weight is 289 g/mol. The second-order valence-corrected chi connectivity index (χ2v) is 6.50. The summed E-state index contributed by atoms with van der Waals surface area (Å²) in [5.41, 5.74) is 7.71. The molecule has 1 aliphatic carbocycles. The van der Waals surface area contributed by atoms with E-state index >= 15 is 0 Å². The molecule has 0 aromatic heterocycles. The molecule has 2 fully saturated rings. The molecule has 1 aliphatic heterocycles. The van der Waals surface area contributed by atoms with Crippen LogP contribution in [0.15, 0.2) is 24.3 Å². The monoisotopic (exact) mass is 289 g/mol. The molecule has 0 atom stereocenters. The second kappa shape index (κ2) is 6.80. The molecule has 1 saturated carbocycles. The predicted molar refractivity (Wildman–Crippen MR) is 84.7 cm³/mol. The standard InChI is InChI=1S/C18H27NO2/c19-14-18(10-2-1-3-11-18)15-4-6-16(7-5-15)21-17-8-12-20-13-9-17/h4-7,17H,1-3,8-14,19H2. The van der Waals surface area contributed by atoms with E-state index in [1.807, 2.05) is 0 Å². The lowest BCUT2D eigenvalue weighted by molar-refractivity contribution is 0.0255. The molecule has 2 aliphatic rings. The number of rotatable bonds is 4. The summed E-state index contributed by atoms with van der Waals surface area (Å²) in [6.45, 7) is 2.39. The van der Waals surface area contributed by atoms with Gasteiger partial charge in [0, 0.05) is 24.8 Å². The van der Waals surface area contributed by atoms with Gasteiger partial charge in [0.2, 0.25) is 0 Å². The SMILES string of the molecule is NCC1(c2ccc(OC3CCOCC3)cc2)CCCCC1. The topological polar surface area (TPSA) is 44.5 Å². The first kappa shape index (κ1) is 14.9. The molecular weight excluding hydrogens is 262 g/mol. The molecule has 116 valence electrons. The minimum Gasteiger partial charge on any atom is -0.490 e. The van der Waals surface area contributed by atoms with Crippen LogP contribution in [0.1, 0.15) is 50.5 Å². The highest BCUT2D eigenvalue weighted by Gasteiger charge is 2.32. The van der Waals surface area contributed by atoms with Crippen molar-refractivity contribution in [2.45, 2.75) is 56.5 Å². The number of benzene rings is 1. The van der Waals surface area contributed by atoms with E-state index in [-0.39, 0.29) is 5.41 Å². The van der Waals surface area contributed by atoms with Gasteiger partial charge in [-0.15, -0.1) is 0 Å². The first-order chi connectivity index (χ1) is 10.3. The Morgan fingerprint density at radius 2 is 1.71 bits per heavy atom. The molecule has 0 radical (unpaired) electrons. The van der Waals surface area contributed by atoms with Crippen LogP contribution in [0.4, 0.5) is 0 Å². The number of hydrogen-bond donors (Lipinski definition) is 1. The largest absolute Gasteiger partial charge is 0.490 e. The highest BCUT2D eigenvalue weighted by Crippen LogP contribution is 2.39. The Bertz CT molecular complexity index is 431. The first-order valence-corrected chi connectivity index (χ1v) is 8.37. The van der Waals surface area contributed by atoms with Gasteiger partial charge in [-0.1, -0.05) is 31.4 Å². The molecule has 1 aromatic rings. The van der Waals surface area contributed by atoms with Gasteiger partial charge in [0.15, 0.2) is 0 Å². The zero-order valence-corrected chi connectivity index (χ0v) is 12.9. The Morgan fingerprint density at radius 1 is 1.05 bits per heavy atom. The smallest absolute Gasteiger partial charge is 0.119 e. The molecule has 21 heavy (non-hydrogen) atoms. The average Bonchev–Trinajstić information content (AvgIpc) is 2.57. The van der Waals surface area contributed by atoms with E-state index < -0.39 is 0 Å². The zero-order chi connectivity index (χ0) is 14.5. The van der Waals surface area contributed by atoms with Gasteiger partial charge in [-0.3, -0.25) is 0 Å². The molecule has 3 heteroatoms. The van der Waals surface area contributed by atoms with Gasteiger partial charge in [0.25, 0.3) is 0 Å². The molecule has 1 aromatic carbocycles. The maximum Gasteiger partial charge on any atom is 0.119 e. The molecule has 0 bridgehead atoms. The third-order valence-corrected chi connectivity index (χ3v) is 5.14. The van der Waals surface area contributed by atoms with Crippen molar-refractivity contribution in [3.05, 3.63) is 29.8 Å². The van der Waals surface area contributed by atoms with Gasteiger partial charge < -0.3 is 15.2 Å². The van der Waals surface area contributed by atoms with E-state index in [4.69, 9.17) is 15.2 Å². The molecule has 1 heterocycles. The molecule has 3 rings (SSSR count).